The highest BCUT2D eigenvalue weighted by Gasteiger charge is 2.38. The molecule has 0 aromatic rings. The van der Waals surface area contributed by atoms with E-state index in [1.165, 1.54) is 0 Å². The first-order chi connectivity index (χ1) is 6.74. The molecule has 0 aromatic carbocycles. The van der Waals surface area contributed by atoms with E-state index >= 15 is 0 Å². The van der Waals surface area contributed by atoms with Crippen LogP contribution in [0.25, 0.3) is 0 Å². The van der Waals surface area contributed by atoms with E-state index in [1.807, 2.05) is 20.8 Å². The van der Waals surface area contributed by atoms with Gasteiger partial charge in [0.25, 0.3) is 0 Å². The number of hydrogen-bond donors (Lipinski definition) is 0. The fourth-order valence-electron chi connectivity index (χ4n) is 1.15. The van der Waals surface area contributed by atoms with Crippen LogP contribution in [0.4, 0.5) is 0 Å². The molecule has 0 aromatic heterocycles. The van der Waals surface area contributed by atoms with Crippen LogP contribution in [0.2, 0.25) is 6.04 Å². The van der Waals surface area contributed by atoms with Crippen LogP contribution in [0, 0.1) is 0 Å². The third-order valence-corrected chi connectivity index (χ3v) is 4.74. The molecule has 0 radical (unpaired) electrons. The fourth-order valence-corrected chi connectivity index (χ4v) is 3.29. The van der Waals surface area contributed by atoms with Gasteiger partial charge < -0.3 is 18.0 Å². The van der Waals surface area contributed by atoms with Crippen molar-refractivity contribution < 1.29 is 18.0 Å². The smallest absolute Gasteiger partial charge is 0.382 e. The molecule has 0 fully saturated rings. The molecule has 0 spiro atoms. The minimum atomic E-state index is -2.39. The van der Waals surface area contributed by atoms with Gasteiger partial charge >= 0.3 is 8.80 Å². The van der Waals surface area contributed by atoms with Gasteiger partial charge in [-0.25, -0.2) is 0 Å². The normalized spacial score (nSPS) is 12.0. The Morgan fingerprint density at radius 3 is 1.79 bits per heavy atom. The summed E-state index contributed by atoms with van der Waals surface area (Å²) in [4.78, 5) is 0. The maximum atomic E-state index is 5.67. The molecule has 0 unspecified atom stereocenters. The van der Waals surface area contributed by atoms with Crippen LogP contribution < -0.4 is 0 Å². The molecule has 86 valence electrons. The monoisotopic (exact) mass is 222 g/mol. The van der Waals surface area contributed by atoms with Gasteiger partial charge in [-0.15, -0.1) is 0 Å². The predicted molar refractivity (Wildman–Crippen MR) is 57.3 cm³/mol. The Morgan fingerprint density at radius 1 is 0.857 bits per heavy atom. The van der Waals surface area contributed by atoms with Crippen LogP contribution in [0.1, 0.15) is 20.8 Å². The lowest BCUT2D eigenvalue weighted by atomic mass is 10.8. The highest BCUT2D eigenvalue weighted by atomic mass is 28.4. The van der Waals surface area contributed by atoms with Crippen molar-refractivity contribution in [2.45, 2.75) is 26.8 Å². The highest BCUT2D eigenvalue weighted by Crippen LogP contribution is 2.14. The van der Waals surface area contributed by atoms with Crippen LogP contribution >= 0.6 is 0 Å². The largest absolute Gasteiger partial charge is 0.500 e. The lowest BCUT2D eigenvalue weighted by Gasteiger charge is -2.27. The molecule has 5 heteroatoms. The number of methoxy groups -OCH3 is 1. The molecule has 0 amide bonds. The summed E-state index contributed by atoms with van der Waals surface area (Å²) in [6, 6.07) is 0.804. The Balaban J connectivity index is 4.03. The van der Waals surface area contributed by atoms with E-state index in [4.69, 9.17) is 18.0 Å². The van der Waals surface area contributed by atoms with Crippen LogP contribution in [-0.4, -0.2) is 42.3 Å². The van der Waals surface area contributed by atoms with Crippen molar-refractivity contribution in [3.05, 3.63) is 0 Å². The summed E-state index contributed by atoms with van der Waals surface area (Å²) >= 11 is 0. The van der Waals surface area contributed by atoms with Gasteiger partial charge in [0.05, 0.1) is 13.2 Å². The van der Waals surface area contributed by atoms with Crippen molar-refractivity contribution in [1.82, 2.24) is 0 Å². The van der Waals surface area contributed by atoms with Gasteiger partial charge in [-0.3, -0.25) is 0 Å². The third kappa shape index (κ3) is 5.07. The zero-order valence-corrected chi connectivity index (χ0v) is 10.7. The number of rotatable bonds is 9. The molecule has 0 N–H and O–H groups in total. The molecule has 4 nitrogen and oxygen atoms in total. The fraction of sp³-hybridized carbons (Fsp3) is 1.00. The van der Waals surface area contributed by atoms with E-state index < -0.39 is 8.80 Å². The van der Waals surface area contributed by atoms with E-state index in [-0.39, 0.29) is 0 Å². The Hall–Kier alpha value is 0.0569. The Morgan fingerprint density at radius 2 is 1.43 bits per heavy atom. The zero-order chi connectivity index (χ0) is 10.9. The molecule has 14 heavy (non-hydrogen) atoms. The average Bonchev–Trinajstić information content (AvgIpc) is 2.19. The molecule has 0 aliphatic carbocycles. The minimum Gasteiger partial charge on any atom is -0.382 e. The minimum absolute atomic E-state index is 0.538. The van der Waals surface area contributed by atoms with Crippen LogP contribution in [0.5, 0.6) is 0 Å². The molecular weight excluding hydrogens is 200 g/mol. The quantitative estimate of drug-likeness (QED) is 0.439. The Bertz CT molecular complexity index is 126. The van der Waals surface area contributed by atoms with Crippen LogP contribution in [0.3, 0.4) is 0 Å². The molecule has 0 heterocycles. The zero-order valence-electron chi connectivity index (χ0n) is 9.67. The maximum Gasteiger partial charge on any atom is 0.500 e. The molecule has 0 saturated heterocycles. The Kier molecular flexibility index (Phi) is 8.41. The first-order valence-electron chi connectivity index (χ1n) is 5.15. The topological polar surface area (TPSA) is 36.9 Å². The molecule has 0 bridgehead atoms. The second-order valence-corrected chi connectivity index (χ2v) is 5.68. The molecule has 0 atom stereocenters. The van der Waals surface area contributed by atoms with E-state index in [0.29, 0.717) is 26.4 Å². The third-order valence-electron chi connectivity index (χ3n) is 1.77. The van der Waals surface area contributed by atoms with E-state index in [9.17, 15) is 0 Å². The molecular formula is C9H22O4Si. The summed E-state index contributed by atoms with van der Waals surface area (Å²) in [6.45, 7) is 8.32. The van der Waals surface area contributed by atoms with Gasteiger partial charge in [-0.05, 0) is 13.8 Å². The van der Waals surface area contributed by atoms with Crippen molar-refractivity contribution in [3.63, 3.8) is 0 Å². The molecule has 0 saturated carbocycles. The van der Waals surface area contributed by atoms with Gasteiger partial charge in [-0.1, -0.05) is 6.92 Å². The van der Waals surface area contributed by atoms with Gasteiger partial charge in [0.15, 0.2) is 0 Å². The summed E-state index contributed by atoms with van der Waals surface area (Å²) in [5, 5.41) is 0. The first kappa shape index (κ1) is 14.1. The number of hydrogen-bond acceptors (Lipinski definition) is 4. The molecule has 0 aliphatic rings. The van der Waals surface area contributed by atoms with Crippen LogP contribution in [-0.2, 0) is 18.0 Å². The lowest BCUT2D eigenvalue weighted by Crippen LogP contribution is -2.45. The van der Waals surface area contributed by atoms with Crippen molar-refractivity contribution in [2.75, 3.05) is 33.5 Å². The van der Waals surface area contributed by atoms with Gasteiger partial charge in [0, 0.05) is 26.4 Å². The van der Waals surface area contributed by atoms with Gasteiger partial charge in [0.2, 0.25) is 0 Å². The SMILES string of the molecule is CCO[Si](CC)(OCC)OCCOC. The van der Waals surface area contributed by atoms with E-state index in [0.717, 1.165) is 6.04 Å². The Labute approximate surface area is 87.9 Å². The van der Waals surface area contributed by atoms with E-state index in [2.05, 4.69) is 0 Å². The molecule has 0 rings (SSSR count). The lowest BCUT2D eigenvalue weighted by molar-refractivity contribution is 0.0461. The van der Waals surface area contributed by atoms with Gasteiger partial charge in [-0.2, -0.15) is 0 Å². The highest BCUT2D eigenvalue weighted by molar-refractivity contribution is 6.60. The standard InChI is InChI=1S/C9H22O4Si/c1-5-11-14(7-3,12-6-2)13-9-8-10-4/h5-9H2,1-4H3. The second kappa shape index (κ2) is 8.37. The van der Waals surface area contributed by atoms with Crippen molar-refractivity contribution in [3.8, 4) is 0 Å². The summed E-state index contributed by atoms with van der Waals surface area (Å²) in [5.74, 6) is 0. The predicted octanol–water partition coefficient (Wildman–Crippen LogP) is 1.68. The second-order valence-electron chi connectivity index (χ2n) is 2.74. The average molecular weight is 222 g/mol. The van der Waals surface area contributed by atoms with Crippen molar-refractivity contribution >= 4 is 8.80 Å². The van der Waals surface area contributed by atoms with Gasteiger partial charge in [0.1, 0.15) is 0 Å². The summed E-state index contributed by atoms with van der Waals surface area (Å²) in [5.41, 5.74) is 0. The first-order valence-corrected chi connectivity index (χ1v) is 7.08. The maximum absolute atomic E-state index is 5.67. The molecule has 0 aliphatic heterocycles. The van der Waals surface area contributed by atoms with Crippen molar-refractivity contribution in [1.29, 1.82) is 0 Å². The number of ether oxygens (including phenoxy) is 1. The summed E-state index contributed by atoms with van der Waals surface area (Å²) < 4.78 is 21.8. The van der Waals surface area contributed by atoms with Crippen LogP contribution in [0.15, 0.2) is 0 Å². The summed E-state index contributed by atoms with van der Waals surface area (Å²) in [7, 11) is -0.734. The van der Waals surface area contributed by atoms with Crippen molar-refractivity contribution in [2.24, 2.45) is 0 Å². The summed E-state index contributed by atoms with van der Waals surface area (Å²) in [6.07, 6.45) is 0. The van der Waals surface area contributed by atoms with E-state index in [1.54, 1.807) is 7.11 Å².